The minimum absolute atomic E-state index is 0.126. The van der Waals surface area contributed by atoms with Gasteiger partial charge >= 0.3 is 0 Å². The van der Waals surface area contributed by atoms with Crippen LogP contribution in [0, 0.1) is 11.3 Å². The molecular formula is C23H32N2O2. The Kier molecular flexibility index (Phi) is 6.18. The summed E-state index contributed by atoms with van der Waals surface area (Å²) >= 11 is 0. The molecule has 0 spiro atoms. The number of amides is 1. The Hall–Kier alpha value is -1.91. The van der Waals surface area contributed by atoms with Crippen molar-refractivity contribution in [2.45, 2.75) is 46.3 Å². The molecule has 0 aliphatic carbocycles. The molecule has 0 saturated carbocycles. The molecule has 1 aromatic rings. The fraction of sp³-hybridized carbons (Fsp3) is 0.522. The van der Waals surface area contributed by atoms with E-state index in [0.29, 0.717) is 19.3 Å². The number of ether oxygens (including phenoxy) is 1. The van der Waals surface area contributed by atoms with E-state index in [1.807, 2.05) is 45.2 Å². The number of likely N-dealkylation sites (N-methyl/N-ethyl adjacent to an activating group) is 1. The van der Waals surface area contributed by atoms with Crippen molar-refractivity contribution in [2.75, 3.05) is 20.2 Å². The Labute approximate surface area is 163 Å². The lowest BCUT2D eigenvalue weighted by atomic mass is 9.89. The number of likely N-dealkylation sites (tertiary alicyclic amines) is 1. The first-order valence-corrected chi connectivity index (χ1v) is 9.91. The molecule has 4 nitrogen and oxygen atoms in total. The first kappa shape index (κ1) is 19.8. The fourth-order valence-corrected chi connectivity index (χ4v) is 3.82. The third-order valence-electron chi connectivity index (χ3n) is 5.39. The van der Waals surface area contributed by atoms with Crippen molar-refractivity contribution in [1.82, 2.24) is 9.80 Å². The second kappa shape index (κ2) is 8.41. The largest absolute Gasteiger partial charge is 0.376 e. The smallest absolute Gasteiger partial charge is 0.235 e. The van der Waals surface area contributed by atoms with Gasteiger partial charge in [0, 0.05) is 29.8 Å². The van der Waals surface area contributed by atoms with Gasteiger partial charge in [0.1, 0.15) is 0 Å². The molecule has 2 aliphatic rings. The van der Waals surface area contributed by atoms with Gasteiger partial charge in [-0.3, -0.25) is 14.6 Å². The van der Waals surface area contributed by atoms with Gasteiger partial charge in [-0.05, 0) is 37.6 Å². The van der Waals surface area contributed by atoms with Crippen molar-refractivity contribution < 1.29 is 9.53 Å². The summed E-state index contributed by atoms with van der Waals surface area (Å²) in [7, 11) is 2.18. The molecule has 2 heterocycles. The molecule has 3 rings (SSSR count). The van der Waals surface area contributed by atoms with Gasteiger partial charge in [-0.25, -0.2) is 0 Å². The molecule has 146 valence electrons. The number of hydrogen-bond donors (Lipinski definition) is 0. The third kappa shape index (κ3) is 4.88. The monoisotopic (exact) mass is 368 g/mol. The van der Waals surface area contributed by atoms with Crippen molar-refractivity contribution in [1.29, 1.82) is 0 Å². The van der Waals surface area contributed by atoms with E-state index in [2.05, 4.69) is 36.4 Å². The second-order valence-electron chi connectivity index (χ2n) is 8.68. The van der Waals surface area contributed by atoms with Crippen molar-refractivity contribution >= 4 is 5.91 Å². The minimum atomic E-state index is -0.399. The SMILES string of the molecule is CN1CCC[C@H]1C1=CN(C(=O)C(C)(C)C)C=CC1COCc1ccccc1. The number of benzene rings is 1. The molecule has 0 aromatic heterocycles. The van der Waals surface area contributed by atoms with E-state index in [1.165, 1.54) is 17.6 Å². The average Bonchev–Trinajstić information content (AvgIpc) is 3.07. The zero-order chi connectivity index (χ0) is 19.4. The first-order valence-electron chi connectivity index (χ1n) is 9.91. The minimum Gasteiger partial charge on any atom is -0.376 e. The van der Waals surface area contributed by atoms with Gasteiger partial charge in [0.15, 0.2) is 0 Å². The van der Waals surface area contributed by atoms with Crippen LogP contribution in [0.1, 0.15) is 39.2 Å². The van der Waals surface area contributed by atoms with E-state index in [1.54, 1.807) is 4.90 Å². The molecular weight excluding hydrogens is 336 g/mol. The topological polar surface area (TPSA) is 32.8 Å². The molecule has 2 aliphatic heterocycles. The molecule has 1 saturated heterocycles. The summed E-state index contributed by atoms with van der Waals surface area (Å²) in [4.78, 5) is 16.9. The predicted molar refractivity (Wildman–Crippen MR) is 109 cm³/mol. The zero-order valence-corrected chi connectivity index (χ0v) is 17.0. The Morgan fingerprint density at radius 2 is 1.96 bits per heavy atom. The maximum atomic E-state index is 12.8. The summed E-state index contributed by atoms with van der Waals surface area (Å²) in [5, 5.41) is 0. The Morgan fingerprint density at radius 1 is 1.22 bits per heavy atom. The summed E-state index contributed by atoms with van der Waals surface area (Å²) in [6, 6.07) is 10.6. The highest BCUT2D eigenvalue weighted by Crippen LogP contribution is 2.32. The first-order chi connectivity index (χ1) is 12.9. The van der Waals surface area contributed by atoms with Crippen LogP contribution in [0.4, 0.5) is 0 Å². The van der Waals surface area contributed by atoms with Crippen molar-refractivity contribution in [2.24, 2.45) is 11.3 Å². The van der Waals surface area contributed by atoms with Crippen molar-refractivity contribution in [3.63, 3.8) is 0 Å². The molecule has 0 radical (unpaired) electrons. The lowest BCUT2D eigenvalue weighted by Crippen LogP contribution is -2.38. The van der Waals surface area contributed by atoms with Crippen LogP contribution in [0.3, 0.4) is 0 Å². The molecule has 1 fully saturated rings. The summed E-state index contributed by atoms with van der Waals surface area (Å²) in [5.74, 6) is 0.337. The lowest BCUT2D eigenvalue weighted by molar-refractivity contribution is -0.134. The number of carbonyl (C=O) groups is 1. The van der Waals surface area contributed by atoms with Crippen LogP contribution in [0.5, 0.6) is 0 Å². The van der Waals surface area contributed by atoms with Gasteiger partial charge in [0.25, 0.3) is 0 Å². The number of nitrogens with zero attached hydrogens (tertiary/aromatic N) is 2. The van der Waals surface area contributed by atoms with Crippen LogP contribution in [-0.4, -0.2) is 41.9 Å². The standard InChI is InChI=1S/C23H32N2O2/c1-23(2,3)22(26)25-14-12-19(17-27-16-18-9-6-5-7-10-18)20(15-25)21-11-8-13-24(21)4/h5-7,9-10,12,14-15,19,21H,8,11,13,16-17H2,1-4H3/t19?,21-/m0/s1. The Bertz CT molecular complexity index is 703. The maximum Gasteiger partial charge on any atom is 0.235 e. The van der Waals surface area contributed by atoms with Crippen LogP contribution >= 0.6 is 0 Å². The summed E-state index contributed by atoms with van der Waals surface area (Å²) in [6.45, 7) is 8.26. The highest BCUT2D eigenvalue weighted by molar-refractivity contribution is 5.83. The molecule has 1 amide bonds. The van der Waals surface area contributed by atoms with Crippen LogP contribution < -0.4 is 0 Å². The van der Waals surface area contributed by atoms with E-state index in [0.717, 1.165) is 13.0 Å². The molecule has 0 bridgehead atoms. The van der Waals surface area contributed by atoms with E-state index in [9.17, 15) is 4.79 Å². The molecule has 27 heavy (non-hydrogen) atoms. The summed E-state index contributed by atoms with van der Waals surface area (Å²) < 4.78 is 6.03. The van der Waals surface area contributed by atoms with Crippen molar-refractivity contribution in [3.05, 3.63) is 59.9 Å². The second-order valence-corrected chi connectivity index (χ2v) is 8.68. The Balaban J connectivity index is 1.72. The van der Waals surface area contributed by atoms with Crippen LogP contribution in [-0.2, 0) is 16.1 Å². The van der Waals surface area contributed by atoms with Gasteiger partial charge in [-0.1, -0.05) is 57.2 Å². The fourth-order valence-electron chi connectivity index (χ4n) is 3.82. The summed E-state index contributed by atoms with van der Waals surface area (Å²) in [5.41, 5.74) is 2.08. The van der Waals surface area contributed by atoms with Gasteiger partial charge in [-0.15, -0.1) is 0 Å². The van der Waals surface area contributed by atoms with Crippen LogP contribution in [0.25, 0.3) is 0 Å². The van der Waals surface area contributed by atoms with Gasteiger partial charge in [-0.2, -0.15) is 0 Å². The van der Waals surface area contributed by atoms with Crippen molar-refractivity contribution in [3.8, 4) is 0 Å². The lowest BCUT2D eigenvalue weighted by Gasteiger charge is -2.34. The van der Waals surface area contributed by atoms with Crippen LogP contribution in [0.15, 0.2) is 54.4 Å². The number of carbonyl (C=O) groups excluding carboxylic acids is 1. The van der Waals surface area contributed by atoms with Crippen LogP contribution in [0.2, 0.25) is 0 Å². The third-order valence-corrected chi connectivity index (χ3v) is 5.39. The van der Waals surface area contributed by atoms with Gasteiger partial charge in [0.2, 0.25) is 5.91 Å². The summed E-state index contributed by atoms with van der Waals surface area (Å²) in [6.07, 6.45) is 8.46. The number of rotatable bonds is 5. The van der Waals surface area contributed by atoms with E-state index in [-0.39, 0.29) is 11.8 Å². The molecule has 2 atom stereocenters. The predicted octanol–water partition coefficient (Wildman–Crippen LogP) is 4.20. The highest BCUT2D eigenvalue weighted by Gasteiger charge is 2.33. The van der Waals surface area contributed by atoms with E-state index in [4.69, 9.17) is 4.74 Å². The Morgan fingerprint density at radius 3 is 2.59 bits per heavy atom. The quantitative estimate of drug-likeness (QED) is 0.781. The molecule has 1 unspecified atom stereocenters. The number of hydrogen-bond acceptors (Lipinski definition) is 3. The molecule has 1 aromatic carbocycles. The molecule has 4 heteroatoms. The normalized spacial score (nSPS) is 23.6. The zero-order valence-electron chi connectivity index (χ0n) is 17.0. The average molecular weight is 369 g/mol. The van der Waals surface area contributed by atoms with E-state index < -0.39 is 5.41 Å². The van der Waals surface area contributed by atoms with Gasteiger partial charge in [0.05, 0.1) is 13.2 Å². The van der Waals surface area contributed by atoms with E-state index >= 15 is 0 Å². The van der Waals surface area contributed by atoms with Gasteiger partial charge < -0.3 is 4.74 Å². The maximum absolute atomic E-state index is 12.8. The molecule has 0 N–H and O–H groups in total. The highest BCUT2D eigenvalue weighted by atomic mass is 16.5.